The van der Waals surface area contributed by atoms with Crippen molar-refractivity contribution in [1.82, 2.24) is 9.97 Å². The van der Waals surface area contributed by atoms with Crippen molar-refractivity contribution in [2.24, 2.45) is 0 Å². The molecular weight excluding hydrogens is 210 g/mol. The number of fused-ring (bicyclic) bond motifs is 1. The number of nitrogens with zero attached hydrogens (tertiary/aromatic N) is 2. The Hall–Kier alpha value is -2.42. The van der Waals surface area contributed by atoms with Gasteiger partial charge >= 0.3 is 0 Å². The number of anilines is 2. The van der Waals surface area contributed by atoms with E-state index in [1.54, 1.807) is 18.6 Å². The highest BCUT2D eigenvalue weighted by Gasteiger charge is 1.97. The van der Waals surface area contributed by atoms with Crippen LogP contribution in [0, 0.1) is 6.07 Å². The molecule has 0 aliphatic carbocycles. The number of rotatable bonds is 2. The summed E-state index contributed by atoms with van der Waals surface area (Å²) in [6.45, 7) is 0. The van der Waals surface area contributed by atoms with Gasteiger partial charge in [-0.25, -0.2) is 0 Å². The normalized spacial score (nSPS) is 10.4. The smallest absolute Gasteiger partial charge is 0.0728 e. The highest BCUT2D eigenvalue weighted by atomic mass is 14.9. The summed E-state index contributed by atoms with van der Waals surface area (Å²) in [5, 5.41) is 4.30. The van der Waals surface area contributed by atoms with E-state index >= 15 is 0 Å². The average molecular weight is 220 g/mol. The molecule has 0 aliphatic heterocycles. The lowest BCUT2D eigenvalue weighted by molar-refractivity contribution is 1.32. The van der Waals surface area contributed by atoms with Crippen LogP contribution in [0.2, 0.25) is 0 Å². The molecule has 0 amide bonds. The Balaban J connectivity index is 1.96. The first-order valence-electron chi connectivity index (χ1n) is 5.35. The van der Waals surface area contributed by atoms with Gasteiger partial charge in [-0.15, -0.1) is 0 Å². The molecule has 3 heteroatoms. The lowest BCUT2D eigenvalue weighted by Crippen LogP contribution is -1.90. The summed E-state index contributed by atoms with van der Waals surface area (Å²) in [6.07, 6.45) is 5.28. The monoisotopic (exact) mass is 220 g/mol. The maximum Gasteiger partial charge on any atom is 0.0728 e. The zero-order valence-corrected chi connectivity index (χ0v) is 9.09. The van der Waals surface area contributed by atoms with Gasteiger partial charge in [0.1, 0.15) is 0 Å². The second kappa shape index (κ2) is 4.22. The highest BCUT2D eigenvalue weighted by molar-refractivity contribution is 5.82. The Morgan fingerprint density at radius 3 is 2.94 bits per heavy atom. The molecule has 3 aromatic rings. The van der Waals surface area contributed by atoms with E-state index in [2.05, 4.69) is 21.4 Å². The van der Waals surface area contributed by atoms with Crippen molar-refractivity contribution in [3.63, 3.8) is 0 Å². The molecule has 0 spiro atoms. The maximum atomic E-state index is 4.30. The zero-order valence-electron chi connectivity index (χ0n) is 9.09. The number of aromatic nitrogens is 2. The quantitative estimate of drug-likeness (QED) is 0.720. The number of pyridine rings is 2. The SMILES string of the molecule is [c]1ccnc2cc(Nc3cccnc3)ccc12. The van der Waals surface area contributed by atoms with Crippen LogP contribution in [0.4, 0.5) is 11.4 Å². The molecule has 0 unspecified atom stereocenters. The van der Waals surface area contributed by atoms with E-state index in [0.717, 1.165) is 22.3 Å². The molecule has 0 atom stereocenters. The van der Waals surface area contributed by atoms with E-state index in [1.165, 1.54) is 0 Å². The largest absolute Gasteiger partial charge is 0.354 e. The van der Waals surface area contributed by atoms with Crippen LogP contribution in [0.1, 0.15) is 0 Å². The Labute approximate surface area is 99.2 Å². The number of hydrogen-bond acceptors (Lipinski definition) is 3. The van der Waals surface area contributed by atoms with E-state index in [4.69, 9.17) is 0 Å². The average Bonchev–Trinajstić information content (AvgIpc) is 2.40. The molecule has 2 aromatic heterocycles. The van der Waals surface area contributed by atoms with E-state index in [-0.39, 0.29) is 0 Å². The first-order valence-corrected chi connectivity index (χ1v) is 5.35. The minimum absolute atomic E-state index is 0.932. The van der Waals surface area contributed by atoms with Gasteiger partial charge in [0.25, 0.3) is 0 Å². The Morgan fingerprint density at radius 1 is 1.06 bits per heavy atom. The van der Waals surface area contributed by atoms with Crippen LogP contribution in [0.3, 0.4) is 0 Å². The minimum Gasteiger partial charge on any atom is -0.354 e. The molecule has 0 bridgehead atoms. The van der Waals surface area contributed by atoms with Crippen LogP contribution in [0.25, 0.3) is 10.9 Å². The van der Waals surface area contributed by atoms with Crippen LogP contribution in [-0.4, -0.2) is 9.97 Å². The summed E-state index contributed by atoms with van der Waals surface area (Å²) in [6, 6.07) is 14.8. The standard InChI is InChI=1S/C14H10N3/c1-3-11-5-6-12(9-14(11)16-8-1)17-13-4-2-7-15-10-13/h1-2,4-10,17H. The van der Waals surface area contributed by atoms with Crippen LogP contribution < -0.4 is 5.32 Å². The molecule has 0 aliphatic rings. The zero-order chi connectivity index (χ0) is 11.5. The number of benzene rings is 1. The first-order chi connectivity index (χ1) is 8.42. The van der Waals surface area contributed by atoms with Crippen molar-refractivity contribution in [2.45, 2.75) is 0 Å². The molecule has 1 aromatic carbocycles. The second-order valence-corrected chi connectivity index (χ2v) is 3.69. The molecule has 0 saturated carbocycles. The fourth-order valence-electron chi connectivity index (χ4n) is 1.69. The highest BCUT2D eigenvalue weighted by Crippen LogP contribution is 2.19. The van der Waals surface area contributed by atoms with Crippen LogP contribution in [-0.2, 0) is 0 Å². The molecule has 1 N–H and O–H groups in total. The molecule has 3 nitrogen and oxygen atoms in total. The maximum absolute atomic E-state index is 4.30. The predicted octanol–water partition coefficient (Wildman–Crippen LogP) is 3.17. The molecule has 3 rings (SSSR count). The third-order valence-electron chi connectivity index (χ3n) is 2.47. The predicted molar refractivity (Wildman–Crippen MR) is 68.1 cm³/mol. The van der Waals surface area contributed by atoms with Crippen LogP contribution in [0.5, 0.6) is 0 Å². The summed E-state index contributed by atoms with van der Waals surface area (Å²) < 4.78 is 0. The molecule has 1 radical (unpaired) electrons. The Kier molecular flexibility index (Phi) is 2.43. The van der Waals surface area contributed by atoms with Crippen molar-refractivity contribution in [1.29, 1.82) is 0 Å². The van der Waals surface area contributed by atoms with Crippen molar-refractivity contribution in [2.75, 3.05) is 5.32 Å². The van der Waals surface area contributed by atoms with Crippen LogP contribution in [0.15, 0.2) is 55.0 Å². The fraction of sp³-hybridized carbons (Fsp3) is 0. The molecule has 17 heavy (non-hydrogen) atoms. The first kappa shape index (κ1) is 9.78. The topological polar surface area (TPSA) is 37.8 Å². The Morgan fingerprint density at radius 2 is 2.06 bits per heavy atom. The van der Waals surface area contributed by atoms with Gasteiger partial charge < -0.3 is 5.32 Å². The summed E-state index contributed by atoms with van der Waals surface area (Å²) in [5.41, 5.74) is 2.89. The van der Waals surface area contributed by atoms with Gasteiger partial charge in [-0.1, -0.05) is 6.07 Å². The van der Waals surface area contributed by atoms with Crippen molar-refractivity contribution >= 4 is 22.3 Å². The van der Waals surface area contributed by atoms with Gasteiger partial charge in [0, 0.05) is 23.5 Å². The third kappa shape index (κ3) is 2.08. The van der Waals surface area contributed by atoms with Gasteiger partial charge in [0.15, 0.2) is 0 Å². The summed E-state index contributed by atoms with van der Waals surface area (Å²) in [5.74, 6) is 0. The van der Waals surface area contributed by atoms with Gasteiger partial charge in [-0.3, -0.25) is 9.97 Å². The van der Waals surface area contributed by atoms with Crippen LogP contribution >= 0.6 is 0 Å². The Bertz CT molecular complexity index is 635. The summed E-state index contributed by atoms with van der Waals surface area (Å²) in [4.78, 5) is 8.36. The van der Waals surface area contributed by atoms with E-state index in [1.807, 2.05) is 36.4 Å². The molecular formula is C14H10N3. The molecule has 81 valence electrons. The van der Waals surface area contributed by atoms with Crippen molar-refractivity contribution < 1.29 is 0 Å². The van der Waals surface area contributed by atoms with Gasteiger partial charge in [-0.05, 0) is 36.4 Å². The van der Waals surface area contributed by atoms with Crippen molar-refractivity contribution in [3.8, 4) is 0 Å². The fourth-order valence-corrected chi connectivity index (χ4v) is 1.69. The lowest BCUT2D eigenvalue weighted by atomic mass is 10.2. The molecule has 0 saturated heterocycles. The van der Waals surface area contributed by atoms with E-state index in [0.29, 0.717) is 0 Å². The summed E-state index contributed by atoms with van der Waals surface area (Å²) >= 11 is 0. The molecule has 2 heterocycles. The van der Waals surface area contributed by atoms with E-state index < -0.39 is 0 Å². The minimum atomic E-state index is 0.932. The van der Waals surface area contributed by atoms with E-state index in [9.17, 15) is 0 Å². The molecule has 0 fully saturated rings. The lowest BCUT2D eigenvalue weighted by Gasteiger charge is -2.06. The second-order valence-electron chi connectivity index (χ2n) is 3.69. The third-order valence-corrected chi connectivity index (χ3v) is 2.47. The van der Waals surface area contributed by atoms with Gasteiger partial charge in [0.05, 0.1) is 17.4 Å². The summed E-state index contributed by atoms with van der Waals surface area (Å²) in [7, 11) is 0. The van der Waals surface area contributed by atoms with Gasteiger partial charge in [-0.2, -0.15) is 0 Å². The number of hydrogen-bond donors (Lipinski definition) is 1. The van der Waals surface area contributed by atoms with Gasteiger partial charge in [0.2, 0.25) is 0 Å². The van der Waals surface area contributed by atoms with Crippen molar-refractivity contribution in [3.05, 3.63) is 61.1 Å². The number of nitrogens with one attached hydrogen (secondary N) is 1.